The van der Waals surface area contributed by atoms with Gasteiger partial charge in [0.05, 0.1) is 16.7 Å². The largest absolute Gasteiger partial charge is 0.456 e. The van der Waals surface area contributed by atoms with E-state index < -0.39 is 5.97 Å². The Kier molecular flexibility index (Phi) is 4.01. The Morgan fingerprint density at radius 1 is 1.08 bits per heavy atom. The van der Waals surface area contributed by atoms with Gasteiger partial charge in [0, 0.05) is 16.8 Å². The molecule has 6 nitrogen and oxygen atoms in total. The van der Waals surface area contributed by atoms with E-state index in [2.05, 4.69) is 5.16 Å². The van der Waals surface area contributed by atoms with E-state index in [0.717, 1.165) is 5.69 Å². The number of hydrogen-bond donors (Lipinski definition) is 0. The van der Waals surface area contributed by atoms with E-state index in [4.69, 9.17) is 9.26 Å². The zero-order chi connectivity index (χ0) is 18.1. The number of pyridine rings is 1. The molecule has 0 fully saturated rings. The number of rotatable bonds is 4. The summed E-state index contributed by atoms with van der Waals surface area (Å²) in [4.78, 5) is 25.1. The lowest BCUT2D eigenvalue weighted by atomic mass is 10.1. The third-order valence-corrected chi connectivity index (χ3v) is 4.22. The van der Waals surface area contributed by atoms with E-state index in [9.17, 15) is 9.59 Å². The van der Waals surface area contributed by atoms with Crippen molar-refractivity contribution in [1.29, 1.82) is 0 Å². The van der Waals surface area contributed by atoms with Crippen LogP contribution in [0, 0.1) is 6.92 Å². The van der Waals surface area contributed by atoms with E-state index in [1.807, 2.05) is 36.4 Å². The van der Waals surface area contributed by atoms with Crippen LogP contribution in [-0.2, 0) is 22.7 Å². The molecule has 0 aliphatic heterocycles. The summed E-state index contributed by atoms with van der Waals surface area (Å²) in [6, 6.07) is 16.2. The van der Waals surface area contributed by atoms with Crippen molar-refractivity contribution in [1.82, 2.24) is 9.72 Å². The molecule has 0 unspecified atom stereocenters. The van der Waals surface area contributed by atoms with Crippen molar-refractivity contribution in [3.05, 3.63) is 76.3 Å². The van der Waals surface area contributed by atoms with Gasteiger partial charge in [-0.25, -0.2) is 0 Å². The second kappa shape index (κ2) is 6.48. The van der Waals surface area contributed by atoms with Crippen molar-refractivity contribution < 1.29 is 14.1 Å². The van der Waals surface area contributed by atoms with Gasteiger partial charge in [0.2, 0.25) is 0 Å². The van der Waals surface area contributed by atoms with Gasteiger partial charge in [-0.2, -0.15) is 0 Å². The van der Waals surface area contributed by atoms with Crippen LogP contribution in [0.3, 0.4) is 0 Å². The number of aryl methyl sites for hydroxylation is 1. The lowest BCUT2D eigenvalue weighted by Crippen LogP contribution is -2.18. The van der Waals surface area contributed by atoms with Gasteiger partial charge in [-0.15, -0.1) is 0 Å². The number of carbonyl (C=O) groups excluding carboxylic acids is 1. The molecule has 0 amide bonds. The summed E-state index contributed by atoms with van der Waals surface area (Å²) >= 11 is 0. The van der Waals surface area contributed by atoms with Crippen molar-refractivity contribution in [3.8, 4) is 0 Å². The number of hydrogen-bond acceptors (Lipinski definition) is 5. The maximum Gasteiger partial charge on any atom is 0.326 e. The lowest BCUT2D eigenvalue weighted by Gasteiger charge is -2.14. The predicted octanol–water partition coefficient (Wildman–Crippen LogP) is 3.19. The number of nitrogens with zero attached hydrogens (tertiary/aromatic N) is 2. The highest BCUT2D eigenvalue weighted by molar-refractivity contribution is 5.94. The van der Waals surface area contributed by atoms with Crippen LogP contribution in [0.5, 0.6) is 0 Å². The lowest BCUT2D eigenvalue weighted by molar-refractivity contribution is -0.146. The number of esters is 1. The fraction of sp³-hybridized carbons (Fsp3) is 0.150. The van der Waals surface area contributed by atoms with Gasteiger partial charge in [0.15, 0.2) is 17.8 Å². The molecule has 0 N–H and O–H groups in total. The standard InChI is InChI=1S/C20H16N2O4/c1-13-10-14(26-21-13)12-25-19(23)11-22-17-8-4-2-6-15(17)20(24)16-7-3-5-9-18(16)22/h2-10H,11-12H2,1H3. The average Bonchev–Trinajstić information content (AvgIpc) is 3.09. The van der Waals surface area contributed by atoms with Crippen molar-refractivity contribution in [2.75, 3.05) is 0 Å². The summed E-state index contributed by atoms with van der Waals surface area (Å²) in [5.74, 6) is 0.0727. The molecule has 6 heteroatoms. The highest BCUT2D eigenvalue weighted by Crippen LogP contribution is 2.19. The molecule has 0 saturated carbocycles. The van der Waals surface area contributed by atoms with Gasteiger partial charge in [-0.05, 0) is 31.2 Å². The molecule has 2 heterocycles. The van der Waals surface area contributed by atoms with E-state index in [1.54, 1.807) is 29.7 Å². The molecule has 0 aliphatic rings. The Labute approximate surface area is 148 Å². The zero-order valence-corrected chi connectivity index (χ0v) is 14.1. The molecule has 4 aromatic rings. The maximum atomic E-state index is 12.7. The maximum absolute atomic E-state index is 12.7. The minimum absolute atomic E-state index is 0.00553. The zero-order valence-electron chi connectivity index (χ0n) is 14.1. The normalized spacial score (nSPS) is 11.1. The molecule has 2 aromatic heterocycles. The summed E-state index contributed by atoms with van der Waals surface area (Å²) in [5, 5.41) is 4.91. The van der Waals surface area contributed by atoms with Crippen LogP contribution >= 0.6 is 0 Å². The molecular weight excluding hydrogens is 332 g/mol. The Morgan fingerprint density at radius 3 is 2.27 bits per heavy atom. The summed E-state index contributed by atoms with van der Waals surface area (Å²) in [5.41, 5.74) is 2.08. The Hall–Kier alpha value is -3.41. The number of aromatic nitrogens is 2. The van der Waals surface area contributed by atoms with Crippen molar-refractivity contribution in [3.63, 3.8) is 0 Å². The fourth-order valence-electron chi connectivity index (χ4n) is 3.06. The van der Waals surface area contributed by atoms with Crippen LogP contribution in [0.4, 0.5) is 0 Å². The molecule has 0 bridgehead atoms. The number of benzene rings is 2. The van der Waals surface area contributed by atoms with Gasteiger partial charge in [0.1, 0.15) is 6.54 Å². The molecule has 0 aliphatic carbocycles. The molecule has 4 rings (SSSR count). The smallest absolute Gasteiger partial charge is 0.326 e. The fourth-order valence-corrected chi connectivity index (χ4v) is 3.06. The molecule has 2 aromatic carbocycles. The molecule has 26 heavy (non-hydrogen) atoms. The van der Waals surface area contributed by atoms with Crippen LogP contribution in [0.2, 0.25) is 0 Å². The van der Waals surface area contributed by atoms with Gasteiger partial charge in [0.25, 0.3) is 0 Å². The molecule has 130 valence electrons. The number of para-hydroxylation sites is 2. The van der Waals surface area contributed by atoms with Gasteiger partial charge in [-0.3, -0.25) is 9.59 Å². The SMILES string of the molecule is Cc1cc(COC(=O)Cn2c3ccccc3c(=O)c3ccccc32)on1. The number of carbonyl (C=O) groups is 1. The third-order valence-electron chi connectivity index (χ3n) is 4.22. The number of ether oxygens (including phenoxy) is 1. The predicted molar refractivity (Wildman–Crippen MR) is 96.8 cm³/mol. The summed E-state index contributed by atoms with van der Waals surface area (Å²) in [7, 11) is 0. The highest BCUT2D eigenvalue weighted by Gasteiger charge is 2.14. The Bertz CT molecular complexity index is 1110. The first kappa shape index (κ1) is 16.1. The van der Waals surface area contributed by atoms with Crippen molar-refractivity contribution >= 4 is 27.8 Å². The van der Waals surface area contributed by atoms with Gasteiger partial charge < -0.3 is 13.8 Å². The second-order valence-electron chi connectivity index (χ2n) is 6.04. The van der Waals surface area contributed by atoms with Gasteiger partial charge in [-0.1, -0.05) is 29.4 Å². The van der Waals surface area contributed by atoms with Crippen molar-refractivity contribution in [2.45, 2.75) is 20.1 Å². The van der Waals surface area contributed by atoms with Crippen LogP contribution in [0.1, 0.15) is 11.5 Å². The van der Waals surface area contributed by atoms with Gasteiger partial charge >= 0.3 is 5.97 Å². The first-order valence-corrected chi connectivity index (χ1v) is 8.21. The molecule has 0 radical (unpaired) electrons. The minimum atomic E-state index is -0.419. The minimum Gasteiger partial charge on any atom is -0.456 e. The Morgan fingerprint density at radius 2 is 1.69 bits per heavy atom. The quantitative estimate of drug-likeness (QED) is 0.418. The monoisotopic (exact) mass is 348 g/mol. The third kappa shape index (κ3) is 2.86. The summed E-state index contributed by atoms with van der Waals surface area (Å²) in [6.07, 6.45) is 0. The molecule has 0 spiro atoms. The molecular formula is C20H16N2O4. The van der Waals surface area contributed by atoms with E-state index in [1.165, 1.54) is 0 Å². The van der Waals surface area contributed by atoms with E-state index in [0.29, 0.717) is 27.6 Å². The Balaban J connectivity index is 1.71. The first-order valence-electron chi connectivity index (χ1n) is 8.21. The molecule has 0 atom stereocenters. The number of fused-ring (bicyclic) bond motifs is 2. The van der Waals surface area contributed by atoms with Crippen LogP contribution in [0.25, 0.3) is 21.8 Å². The topological polar surface area (TPSA) is 74.3 Å². The van der Waals surface area contributed by atoms with Crippen LogP contribution in [-0.4, -0.2) is 15.7 Å². The summed E-state index contributed by atoms with van der Waals surface area (Å²) in [6.45, 7) is 1.82. The highest BCUT2D eigenvalue weighted by atomic mass is 16.5. The van der Waals surface area contributed by atoms with Crippen LogP contribution in [0.15, 0.2) is 63.9 Å². The summed E-state index contributed by atoms with van der Waals surface area (Å²) < 4.78 is 12.2. The van der Waals surface area contributed by atoms with Crippen LogP contribution < -0.4 is 5.43 Å². The average molecular weight is 348 g/mol. The first-order chi connectivity index (χ1) is 12.6. The van der Waals surface area contributed by atoms with E-state index >= 15 is 0 Å². The van der Waals surface area contributed by atoms with Crippen molar-refractivity contribution in [2.24, 2.45) is 0 Å². The second-order valence-corrected chi connectivity index (χ2v) is 6.04. The van der Waals surface area contributed by atoms with E-state index in [-0.39, 0.29) is 18.6 Å². The molecule has 0 saturated heterocycles.